The van der Waals surface area contributed by atoms with Crippen molar-refractivity contribution in [2.75, 3.05) is 11.9 Å². The first-order valence-corrected chi connectivity index (χ1v) is 4.75. The molecule has 80 valence electrons. The highest BCUT2D eigenvalue weighted by Crippen LogP contribution is 2.32. The third kappa shape index (κ3) is 1.93. The molecule has 4 N–H and O–H groups in total. The number of hydrogen-bond acceptors (Lipinski definition) is 3. The number of amides is 1. The zero-order valence-corrected chi connectivity index (χ0v) is 8.41. The van der Waals surface area contributed by atoms with Crippen LogP contribution >= 0.6 is 0 Å². The third-order valence-corrected chi connectivity index (χ3v) is 2.31. The van der Waals surface area contributed by atoms with E-state index in [0.29, 0.717) is 18.0 Å². The van der Waals surface area contributed by atoms with Crippen molar-refractivity contribution in [1.29, 1.82) is 0 Å². The molecule has 5 nitrogen and oxygen atoms in total. The van der Waals surface area contributed by atoms with E-state index in [1.807, 2.05) is 6.07 Å². The molecule has 0 bridgehead atoms. The van der Waals surface area contributed by atoms with E-state index in [0.717, 1.165) is 23.2 Å². The van der Waals surface area contributed by atoms with Gasteiger partial charge in [-0.2, -0.15) is 5.48 Å². The lowest BCUT2D eigenvalue weighted by atomic mass is 10.1. The number of fused-ring (bicyclic) bond motifs is 1. The third-order valence-electron chi connectivity index (χ3n) is 2.31. The van der Waals surface area contributed by atoms with Crippen LogP contribution in [0.3, 0.4) is 0 Å². The Morgan fingerprint density at radius 3 is 3.07 bits per heavy atom. The molecule has 1 aromatic carbocycles. The van der Waals surface area contributed by atoms with Crippen LogP contribution in [-0.2, 0) is 11.2 Å². The monoisotopic (exact) mass is 209 g/mol. The predicted octanol–water partition coefficient (Wildman–Crippen LogP) is 0.164. The number of carbonyl (C=O) groups excluding carboxylic acids is 1. The van der Waals surface area contributed by atoms with Crippen LogP contribution in [0.1, 0.15) is 12.5 Å². The quantitative estimate of drug-likeness (QED) is 0.480. The molecule has 0 unspecified atom stereocenters. The standard InChI is InChI=1S/C10H12N2O3/c1-6(13)11-8-4-7-2-3-15-10(7)5-9(8)12-14/h4-5,12,14H,2-3H2,1H3,(H,11,13)/p+1. The fraction of sp³-hybridized carbons (Fsp3) is 0.300. The highest BCUT2D eigenvalue weighted by molar-refractivity contribution is 5.91. The molecule has 1 aromatic rings. The molecule has 0 atom stereocenters. The normalized spacial score (nSPS) is 13.2. The van der Waals surface area contributed by atoms with Crippen molar-refractivity contribution in [3.8, 4) is 5.75 Å². The van der Waals surface area contributed by atoms with E-state index in [4.69, 9.17) is 9.94 Å². The van der Waals surface area contributed by atoms with E-state index >= 15 is 0 Å². The Labute approximate surface area is 87.0 Å². The first kappa shape index (κ1) is 9.95. The van der Waals surface area contributed by atoms with Crippen molar-refractivity contribution in [1.82, 2.24) is 0 Å². The van der Waals surface area contributed by atoms with Crippen LogP contribution < -0.4 is 15.5 Å². The zero-order chi connectivity index (χ0) is 10.8. The van der Waals surface area contributed by atoms with Gasteiger partial charge in [0.15, 0.2) is 5.69 Å². The number of benzene rings is 1. The van der Waals surface area contributed by atoms with Gasteiger partial charge in [0, 0.05) is 25.0 Å². The maximum atomic E-state index is 10.9. The van der Waals surface area contributed by atoms with Crippen LogP contribution in [0.4, 0.5) is 11.4 Å². The number of hydrogen-bond donors (Lipinski definition) is 3. The van der Waals surface area contributed by atoms with Crippen molar-refractivity contribution in [2.45, 2.75) is 13.3 Å². The molecule has 1 heterocycles. The zero-order valence-electron chi connectivity index (χ0n) is 8.41. The summed E-state index contributed by atoms with van der Waals surface area (Å²) in [5.41, 5.74) is 3.21. The summed E-state index contributed by atoms with van der Waals surface area (Å²) in [5.74, 6) is 0.626. The van der Waals surface area contributed by atoms with Gasteiger partial charge in [0.2, 0.25) is 5.91 Å². The molecule has 0 fully saturated rings. The van der Waals surface area contributed by atoms with Crippen molar-refractivity contribution in [3.63, 3.8) is 0 Å². The molecular weight excluding hydrogens is 196 g/mol. The molecule has 0 aromatic heterocycles. The lowest BCUT2D eigenvalue weighted by Gasteiger charge is -2.07. The van der Waals surface area contributed by atoms with Crippen molar-refractivity contribution >= 4 is 17.3 Å². The van der Waals surface area contributed by atoms with Crippen LogP contribution in [-0.4, -0.2) is 17.7 Å². The fourth-order valence-electron chi connectivity index (χ4n) is 1.65. The smallest absolute Gasteiger partial charge is 0.221 e. The highest BCUT2D eigenvalue weighted by Gasteiger charge is 2.18. The van der Waals surface area contributed by atoms with Gasteiger partial charge in [0.1, 0.15) is 11.4 Å². The van der Waals surface area contributed by atoms with Crippen molar-refractivity contribution in [3.05, 3.63) is 17.7 Å². The molecule has 15 heavy (non-hydrogen) atoms. The van der Waals surface area contributed by atoms with Gasteiger partial charge in [-0.3, -0.25) is 4.79 Å². The maximum Gasteiger partial charge on any atom is 0.221 e. The minimum Gasteiger partial charge on any atom is -0.493 e. The summed E-state index contributed by atoms with van der Waals surface area (Å²) < 4.78 is 5.36. The molecule has 2 rings (SSSR count). The summed E-state index contributed by atoms with van der Waals surface area (Å²) in [6.07, 6.45) is 0.841. The number of quaternary nitrogens is 1. The molecule has 0 radical (unpaired) electrons. The lowest BCUT2D eigenvalue weighted by molar-refractivity contribution is -0.825. The average Bonchev–Trinajstić information content (AvgIpc) is 2.62. The van der Waals surface area contributed by atoms with Crippen LogP contribution in [0, 0.1) is 0 Å². The van der Waals surface area contributed by atoms with Crippen LogP contribution in [0.15, 0.2) is 12.1 Å². The Hall–Kier alpha value is -1.59. The average molecular weight is 209 g/mol. The van der Waals surface area contributed by atoms with E-state index in [9.17, 15) is 4.79 Å². The molecule has 1 aliphatic heterocycles. The number of nitrogens with two attached hydrogens (primary N) is 1. The molecule has 0 aliphatic carbocycles. The molecule has 1 aliphatic rings. The Bertz CT molecular complexity index is 404. The Kier molecular flexibility index (Phi) is 2.57. The van der Waals surface area contributed by atoms with Gasteiger partial charge < -0.3 is 10.1 Å². The summed E-state index contributed by atoms with van der Waals surface area (Å²) in [4.78, 5) is 10.9. The first-order chi connectivity index (χ1) is 7.20. The van der Waals surface area contributed by atoms with Crippen LogP contribution in [0.2, 0.25) is 0 Å². The minimum absolute atomic E-state index is 0.156. The number of anilines is 1. The van der Waals surface area contributed by atoms with E-state index in [1.54, 1.807) is 6.07 Å². The van der Waals surface area contributed by atoms with Crippen LogP contribution in [0.5, 0.6) is 5.75 Å². The highest BCUT2D eigenvalue weighted by atomic mass is 16.5. The lowest BCUT2D eigenvalue weighted by Crippen LogP contribution is -2.74. The molecule has 1 amide bonds. The second kappa shape index (κ2) is 3.88. The summed E-state index contributed by atoms with van der Waals surface area (Å²) in [6.45, 7) is 2.09. The SMILES string of the molecule is CC(=O)Nc1cc2c(cc1[NH2+]O)OCC2. The van der Waals surface area contributed by atoms with Gasteiger partial charge in [-0.25, -0.2) is 5.21 Å². The summed E-state index contributed by atoms with van der Waals surface area (Å²) in [6, 6.07) is 3.57. The second-order valence-corrected chi connectivity index (χ2v) is 3.46. The largest absolute Gasteiger partial charge is 0.493 e. The van der Waals surface area contributed by atoms with E-state index in [-0.39, 0.29) is 5.91 Å². The summed E-state index contributed by atoms with van der Waals surface area (Å²) >= 11 is 0. The number of carbonyl (C=O) groups is 1. The molecule has 0 spiro atoms. The van der Waals surface area contributed by atoms with E-state index < -0.39 is 0 Å². The topological polar surface area (TPSA) is 75.2 Å². The van der Waals surface area contributed by atoms with Gasteiger partial charge in [-0.05, 0) is 6.07 Å². The number of ether oxygens (including phenoxy) is 1. The van der Waals surface area contributed by atoms with E-state index in [2.05, 4.69) is 5.32 Å². The first-order valence-electron chi connectivity index (χ1n) is 4.75. The van der Waals surface area contributed by atoms with Crippen LogP contribution in [0.25, 0.3) is 0 Å². The minimum atomic E-state index is -0.156. The van der Waals surface area contributed by atoms with Crippen molar-refractivity contribution in [2.24, 2.45) is 0 Å². The Morgan fingerprint density at radius 2 is 2.40 bits per heavy atom. The van der Waals surface area contributed by atoms with Gasteiger partial charge in [0.25, 0.3) is 0 Å². The summed E-state index contributed by atoms with van der Waals surface area (Å²) in [5, 5.41) is 11.7. The van der Waals surface area contributed by atoms with Gasteiger partial charge in [-0.1, -0.05) is 0 Å². The Balaban J connectivity index is 2.39. The maximum absolute atomic E-state index is 10.9. The number of rotatable bonds is 2. The van der Waals surface area contributed by atoms with Gasteiger partial charge in [0.05, 0.1) is 6.61 Å². The number of nitrogens with one attached hydrogen (secondary N) is 1. The predicted molar refractivity (Wildman–Crippen MR) is 53.3 cm³/mol. The Morgan fingerprint density at radius 1 is 1.60 bits per heavy atom. The molecule has 0 saturated carbocycles. The van der Waals surface area contributed by atoms with E-state index in [1.165, 1.54) is 6.92 Å². The van der Waals surface area contributed by atoms with Crippen molar-refractivity contribution < 1.29 is 20.2 Å². The molecule has 0 saturated heterocycles. The molecular formula is C10H13N2O3+. The fourth-order valence-corrected chi connectivity index (χ4v) is 1.65. The molecule has 5 heteroatoms. The van der Waals surface area contributed by atoms with Gasteiger partial charge in [-0.15, -0.1) is 0 Å². The van der Waals surface area contributed by atoms with Gasteiger partial charge >= 0.3 is 0 Å². The second-order valence-electron chi connectivity index (χ2n) is 3.46. The summed E-state index contributed by atoms with van der Waals surface area (Å²) in [7, 11) is 0.